The van der Waals surface area contributed by atoms with Crippen LogP contribution in [0.1, 0.15) is 0 Å². The summed E-state index contributed by atoms with van der Waals surface area (Å²) in [7, 11) is 1.71. The van der Waals surface area contributed by atoms with Gasteiger partial charge in [0.15, 0.2) is 0 Å². The van der Waals surface area contributed by atoms with Gasteiger partial charge in [0.1, 0.15) is 5.82 Å². The zero-order valence-corrected chi connectivity index (χ0v) is 13.0. The van der Waals surface area contributed by atoms with Crippen LogP contribution in [0.2, 0.25) is 0 Å². The lowest BCUT2D eigenvalue weighted by Gasteiger charge is -2.25. The molecule has 114 valence electrons. The largest absolute Gasteiger partial charge is 0.481 e. The number of pyridine rings is 1. The fourth-order valence-electron chi connectivity index (χ4n) is 2.19. The van der Waals surface area contributed by atoms with Crippen molar-refractivity contribution in [3.63, 3.8) is 0 Å². The first kappa shape index (κ1) is 15.9. The molecule has 1 aliphatic rings. The Labute approximate surface area is 130 Å². The quantitative estimate of drug-likeness (QED) is 0.810. The molecule has 1 aromatic heterocycles. The van der Waals surface area contributed by atoms with Gasteiger partial charge in [-0.2, -0.15) is 0 Å². The van der Waals surface area contributed by atoms with Crippen LogP contribution >= 0.6 is 15.9 Å². The maximum absolute atomic E-state index is 11.9. The number of aliphatic carboxylic acids is 1. The summed E-state index contributed by atoms with van der Waals surface area (Å²) >= 11 is 3.26. The van der Waals surface area contributed by atoms with E-state index in [0.717, 1.165) is 4.47 Å². The van der Waals surface area contributed by atoms with E-state index in [9.17, 15) is 9.59 Å². The number of carboxylic acid groups (broad SMARTS) is 1. The number of nitrogens with zero attached hydrogens (tertiary/aromatic N) is 2. The Bertz CT molecular complexity index is 523. The highest BCUT2D eigenvalue weighted by atomic mass is 79.9. The minimum atomic E-state index is -0.903. The third kappa shape index (κ3) is 4.23. The van der Waals surface area contributed by atoms with Gasteiger partial charge in [0.2, 0.25) is 5.91 Å². The fourth-order valence-corrected chi connectivity index (χ4v) is 2.42. The zero-order chi connectivity index (χ0) is 15.4. The molecule has 0 radical (unpaired) electrons. The van der Waals surface area contributed by atoms with Crippen molar-refractivity contribution in [1.29, 1.82) is 0 Å². The van der Waals surface area contributed by atoms with E-state index in [1.807, 2.05) is 0 Å². The predicted octanol–water partition coefficient (Wildman–Crippen LogP) is 0.814. The van der Waals surface area contributed by atoms with Crippen LogP contribution < -0.4 is 5.32 Å². The lowest BCUT2D eigenvalue weighted by Crippen LogP contribution is -2.44. The number of likely N-dealkylation sites (N-methyl/N-ethyl adjacent to an activating group) is 1. The van der Waals surface area contributed by atoms with Crippen LogP contribution in [0.5, 0.6) is 0 Å². The first-order chi connectivity index (χ1) is 9.97. The van der Waals surface area contributed by atoms with Crippen LogP contribution in [0.25, 0.3) is 0 Å². The second-order valence-electron chi connectivity index (χ2n) is 4.87. The molecular weight excluding hydrogens is 342 g/mol. The Hall–Kier alpha value is -1.51. The minimum absolute atomic E-state index is 0.0789. The summed E-state index contributed by atoms with van der Waals surface area (Å²) in [6, 6.07) is 3.16. The summed E-state index contributed by atoms with van der Waals surface area (Å²) in [6.45, 7) is 0.576. The Balaban J connectivity index is 1.90. The van der Waals surface area contributed by atoms with Crippen LogP contribution in [0.15, 0.2) is 22.8 Å². The summed E-state index contributed by atoms with van der Waals surface area (Å²) in [5.74, 6) is -1.30. The third-order valence-corrected chi connectivity index (χ3v) is 3.79. The molecule has 0 aliphatic carbocycles. The van der Waals surface area contributed by atoms with E-state index < -0.39 is 11.9 Å². The van der Waals surface area contributed by atoms with Crippen LogP contribution in [-0.2, 0) is 14.3 Å². The van der Waals surface area contributed by atoms with E-state index in [1.165, 1.54) is 0 Å². The van der Waals surface area contributed by atoms with Crippen molar-refractivity contribution >= 4 is 33.6 Å². The average molecular weight is 358 g/mol. The van der Waals surface area contributed by atoms with Gasteiger partial charge in [0.25, 0.3) is 0 Å². The van der Waals surface area contributed by atoms with Gasteiger partial charge >= 0.3 is 5.97 Å². The van der Waals surface area contributed by atoms with Gasteiger partial charge in [-0.25, -0.2) is 4.98 Å². The number of ether oxygens (including phenoxy) is 1. The number of carbonyl (C=O) groups is 2. The van der Waals surface area contributed by atoms with Crippen molar-refractivity contribution in [3.8, 4) is 0 Å². The van der Waals surface area contributed by atoms with Gasteiger partial charge < -0.3 is 15.2 Å². The fraction of sp³-hybridized carbons (Fsp3) is 0.462. The van der Waals surface area contributed by atoms with E-state index in [2.05, 4.69) is 26.2 Å². The number of amides is 1. The summed E-state index contributed by atoms with van der Waals surface area (Å²) in [6.07, 6.45) is 1.59. The summed E-state index contributed by atoms with van der Waals surface area (Å²) in [4.78, 5) is 28.8. The molecule has 1 aromatic rings. The van der Waals surface area contributed by atoms with Crippen molar-refractivity contribution < 1.29 is 19.4 Å². The molecule has 0 bridgehead atoms. The molecular formula is C13H16BrN3O4. The second-order valence-corrected chi connectivity index (χ2v) is 5.79. The van der Waals surface area contributed by atoms with Crippen molar-refractivity contribution in [3.05, 3.63) is 22.8 Å². The Kier molecular flexibility index (Phi) is 5.27. The highest BCUT2D eigenvalue weighted by Crippen LogP contribution is 2.19. The van der Waals surface area contributed by atoms with Crippen LogP contribution in [0.4, 0.5) is 5.82 Å². The van der Waals surface area contributed by atoms with Gasteiger partial charge in [-0.1, -0.05) is 0 Å². The van der Waals surface area contributed by atoms with E-state index >= 15 is 0 Å². The van der Waals surface area contributed by atoms with Gasteiger partial charge in [-0.05, 0) is 35.1 Å². The monoisotopic (exact) mass is 357 g/mol. The number of rotatable bonds is 5. The molecule has 8 heteroatoms. The predicted molar refractivity (Wildman–Crippen MR) is 78.9 cm³/mol. The highest BCUT2D eigenvalue weighted by molar-refractivity contribution is 9.10. The molecule has 1 aliphatic heterocycles. The molecule has 2 heterocycles. The number of halogens is 1. The van der Waals surface area contributed by atoms with E-state index in [1.54, 1.807) is 30.3 Å². The summed E-state index contributed by atoms with van der Waals surface area (Å²) in [5, 5.41) is 11.8. The van der Waals surface area contributed by atoms with Crippen molar-refractivity contribution in [1.82, 2.24) is 9.88 Å². The molecule has 0 spiro atoms. The molecule has 1 fully saturated rings. The standard InChI is InChI=1S/C13H16BrN3O4/c1-17(10-7-21-6-9(10)13(19)20)5-12(18)16-11-3-2-8(14)4-15-11/h2-4,9-10H,5-7H2,1H3,(H,19,20)(H,15,16,18). The molecule has 21 heavy (non-hydrogen) atoms. The molecule has 2 atom stereocenters. The molecule has 1 saturated heterocycles. The number of hydrogen-bond donors (Lipinski definition) is 2. The number of carbonyl (C=O) groups excluding carboxylic acids is 1. The summed E-state index contributed by atoms with van der Waals surface area (Å²) in [5.41, 5.74) is 0. The molecule has 7 nitrogen and oxygen atoms in total. The minimum Gasteiger partial charge on any atom is -0.481 e. The number of hydrogen-bond acceptors (Lipinski definition) is 5. The normalized spacial score (nSPS) is 21.5. The Morgan fingerprint density at radius 3 is 2.90 bits per heavy atom. The second kappa shape index (κ2) is 6.97. The molecule has 0 aromatic carbocycles. The number of nitrogens with one attached hydrogen (secondary N) is 1. The van der Waals surface area contributed by atoms with Gasteiger partial charge in [0.05, 0.1) is 25.7 Å². The van der Waals surface area contributed by atoms with E-state index in [0.29, 0.717) is 12.4 Å². The average Bonchev–Trinajstić information content (AvgIpc) is 2.91. The van der Waals surface area contributed by atoms with Crippen molar-refractivity contribution in [2.24, 2.45) is 5.92 Å². The van der Waals surface area contributed by atoms with Crippen molar-refractivity contribution in [2.75, 3.05) is 32.1 Å². The number of anilines is 1. The number of aromatic nitrogens is 1. The lowest BCUT2D eigenvalue weighted by atomic mass is 10.0. The van der Waals surface area contributed by atoms with Gasteiger partial charge in [0, 0.05) is 16.7 Å². The van der Waals surface area contributed by atoms with Crippen LogP contribution in [-0.4, -0.2) is 59.7 Å². The first-order valence-corrected chi connectivity index (χ1v) is 7.19. The third-order valence-electron chi connectivity index (χ3n) is 3.32. The molecule has 0 saturated carbocycles. The SMILES string of the molecule is CN(CC(=O)Nc1ccc(Br)cn1)C1COCC1C(=O)O. The van der Waals surface area contributed by atoms with E-state index in [-0.39, 0.29) is 25.1 Å². The van der Waals surface area contributed by atoms with Gasteiger partial charge in [-0.3, -0.25) is 14.5 Å². The smallest absolute Gasteiger partial charge is 0.310 e. The first-order valence-electron chi connectivity index (χ1n) is 6.39. The van der Waals surface area contributed by atoms with Crippen molar-refractivity contribution in [2.45, 2.75) is 6.04 Å². The Morgan fingerprint density at radius 2 is 2.29 bits per heavy atom. The van der Waals surface area contributed by atoms with Crippen LogP contribution in [0, 0.1) is 5.92 Å². The van der Waals surface area contributed by atoms with Gasteiger partial charge in [-0.15, -0.1) is 0 Å². The molecule has 2 N–H and O–H groups in total. The molecule has 1 amide bonds. The molecule has 2 unspecified atom stereocenters. The zero-order valence-electron chi connectivity index (χ0n) is 11.5. The maximum Gasteiger partial charge on any atom is 0.310 e. The topological polar surface area (TPSA) is 91.8 Å². The number of carboxylic acids is 1. The maximum atomic E-state index is 11.9. The summed E-state index contributed by atoms with van der Waals surface area (Å²) < 4.78 is 6.02. The van der Waals surface area contributed by atoms with Crippen LogP contribution in [0.3, 0.4) is 0 Å². The van der Waals surface area contributed by atoms with E-state index in [4.69, 9.17) is 9.84 Å². The highest BCUT2D eigenvalue weighted by Gasteiger charge is 2.37. The Morgan fingerprint density at radius 1 is 1.52 bits per heavy atom. The molecule has 2 rings (SSSR count). The lowest BCUT2D eigenvalue weighted by molar-refractivity contribution is -0.143.